The standard InChI is InChI=1S/C23H25N3O/c1-14-22(17-9-5-7-11-20(17)24-14)19(13-26(4)16(3)27)23-15(2)25-21-12-8-6-10-18(21)23/h5-12,19,24-25H,13H2,1-4H3. The molecule has 0 saturated heterocycles. The van der Waals surface area contributed by atoms with Gasteiger partial charge in [0, 0.05) is 59.6 Å². The minimum absolute atomic E-state index is 0.0787. The van der Waals surface area contributed by atoms with Gasteiger partial charge in [0.25, 0.3) is 0 Å². The number of hydrogen-bond acceptors (Lipinski definition) is 1. The summed E-state index contributed by atoms with van der Waals surface area (Å²) in [5.74, 6) is 0.168. The second-order valence-corrected chi connectivity index (χ2v) is 7.37. The number of aryl methyl sites for hydroxylation is 2. The third kappa shape index (κ3) is 2.91. The summed E-state index contributed by atoms with van der Waals surface area (Å²) in [5.41, 5.74) is 7.12. The van der Waals surface area contributed by atoms with Crippen molar-refractivity contribution in [2.75, 3.05) is 13.6 Å². The van der Waals surface area contributed by atoms with Crippen LogP contribution in [0, 0.1) is 13.8 Å². The van der Waals surface area contributed by atoms with Gasteiger partial charge >= 0.3 is 0 Å². The lowest BCUT2D eigenvalue weighted by Crippen LogP contribution is -2.29. The van der Waals surface area contributed by atoms with E-state index in [1.807, 2.05) is 11.9 Å². The number of likely N-dealkylation sites (N-methyl/N-ethyl adjacent to an activating group) is 1. The smallest absolute Gasteiger partial charge is 0.219 e. The van der Waals surface area contributed by atoms with Crippen LogP contribution < -0.4 is 0 Å². The van der Waals surface area contributed by atoms with Gasteiger partial charge in [-0.25, -0.2) is 0 Å². The van der Waals surface area contributed by atoms with Crippen molar-refractivity contribution < 1.29 is 4.79 Å². The fourth-order valence-electron chi connectivity index (χ4n) is 4.22. The number of nitrogens with zero attached hydrogens (tertiary/aromatic N) is 1. The summed E-state index contributed by atoms with van der Waals surface area (Å²) in [4.78, 5) is 20.9. The van der Waals surface area contributed by atoms with Crippen LogP contribution in [0.2, 0.25) is 0 Å². The Morgan fingerprint density at radius 1 is 0.889 bits per heavy atom. The maximum atomic E-state index is 12.0. The van der Waals surface area contributed by atoms with E-state index in [-0.39, 0.29) is 11.8 Å². The quantitative estimate of drug-likeness (QED) is 0.536. The zero-order chi connectivity index (χ0) is 19.1. The first kappa shape index (κ1) is 17.4. The molecular weight excluding hydrogens is 334 g/mol. The molecule has 0 aliphatic rings. The zero-order valence-corrected chi connectivity index (χ0v) is 16.3. The van der Waals surface area contributed by atoms with Crippen LogP contribution in [0.15, 0.2) is 48.5 Å². The summed E-state index contributed by atoms with van der Waals surface area (Å²) in [7, 11) is 1.88. The van der Waals surface area contributed by atoms with Crippen LogP contribution in [-0.2, 0) is 4.79 Å². The highest BCUT2D eigenvalue weighted by molar-refractivity contribution is 5.90. The van der Waals surface area contributed by atoms with Gasteiger partial charge in [-0.15, -0.1) is 0 Å². The SMILES string of the molecule is CC(=O)N(C)CC(c1c(C)[nH]c2ccccc12)c1c(C)[nH]c2ccccc12. The van der Waals surface area contributed by atoms with Gasteiger partial charge in [-0.3, -0.25) is 4.79 Å². The lowest BCUT2D eigenvalue weighted by molar-refractivity contribution is -0.127. The van der Waals surface area contributed by atoms with Crippen molar-refractivity contribution in [1.29, 1.82) is 0 Å². The van der Waals surface area contributed by atoms with Crippen LogP contribution in [0.4, 0.5) is 0 Å². The van der Waals surface area contributed by atoms with Gasteiger partial charge in [0.05, 0.1) is 0 Å². The molecule has 0 aliphatic heterocycles. The molecule has 27 heavy (non-hydrogen) atoms. The van der Waals surface area contributed by atoms with Crippen molar-refractivity contribution in [1.82, 2.24) is 14.9 Å². The summed E-state index contributed by atoms with van der Waals surface area (Å²) < 4.78 is 0. The van der Waals surface area contributed by atoms with Crippen LogP contribution >= 0.6 is 0 Å². The second-order valence-electron chi connectivity index (χ2n) is 7.37. The van der Waals surface area contributed by atoms with Crippen molar-refractivity contribution in [2.24, 2.45) is 0 Å². The molecule has 0 bridgehead atoms. The first-order valence-electron chi connectivity index (χ1n) is 9.33. The molecule has 0 atom stereocenters. The van der Waals surface area contributed by atoms with Crippen LogP contribution in [0.3, 0.4) is 0 Å². The summed E-state index contributed by atoms with van der Waals surface area (Å²) in [6, 6.07) is 16.8. The van der Waals surface area contributed by atoms with E-state index >= 15 is 0 Å². The predicted molar refractivity (Wildman–Crippen MR) is 111 cm³/mol. The molecule has 0 unspecified atom stereocenters. The minimum atomic E-state index is 0.0787. The van der Waals surface area contributed by atoms with Crippen molar-refractivity contribution in [3.05, 3.63) is 71.0 Å². The molecule has 2 aromatic heterocycles. The molecule has 0 fully saturated rings. The van der Waals surface area contributed by atoms with E-state index in [2.05, 4.69) is 72.3 Å². The number of benzene rings is 2. The normalized spacial score (nSPS) is 11.6. The maximum absolute atomic E-state index is 12.0. The number of para-hydroxylation sites is 2. The summed E-state index contributed by atoms with van der Waals surface area (Å²) in [6.45, 7) is 6.52. The van der Waals surface area contributed by atoms with Crippen LogP contribution in [-0.4, -0.2) is 34.4 Å². The Morgan fingerprint density at radius 3 is 1.78 bits per heavy atom. The number of carbonyl (C=O) groups is 1. The van der Waals surface area contributed by atoms with E-state index in [0.29, 0.717) is 6.54 Å². The summed E-state index contributed by atoms with van der Waals surface area (Å²) in [6.07, 6.45) is 0. The molecule has 138 valence electrons. The molecule has 0 saturated carbocycles. The topological polar surface area (TPSA) is 51.9 Å². The van der Waals surface area contributed by atoms with Gasteiger partial charge in [0.1, 0.15) is 0 Å². The third-order valence-electron chi connectivity index (χ3n) is 5.58. The summed E-state index contributed by atoms with van der Waals surface area (Å²) in [5, 5.41) is 2.45. The Hall–Kier alpha value is -3.01. The van der Waals surface area contributed by atoms with Crippen LogP contribution in [0.25, 0.3) is 21.8 Å². The lowest BCUT2D eigenvalue weighted by Gasteiger charge is -2.25. The highest BCUT2D eigenvalue weighted by atomic mass is 16.2. The van der Waals surface area contributed by atoms with Crippen LogP contribution in [0.1, 0.15) is 35.4 Å². The molecule has 4 heteroatoms. The number of carbonyl (C=O) groups excluding carboxylic acids is 1. The number of rotatable bonds is 4. The van der Waals surface area contributed by atoms with Crippen LogP contribution in [0.5, 0.6) is 0 Å². The van der Waals surface area contributed by atoms with Gasteiger partial charge in [0.15, 0.2) is 0 Å². The van der Waals surface area contributed by atoms with Crippen molar-refractivity contribution in [3.63, 3.8) is 0 Å². The van der Waals surface area contributed by atoms with E-state index < -0.39 is 0 Å². The first-order valence-corrected chi connectivity index (χ1v) is 9.33. The van der Waals surface area contributed by atoms with E-state index in [1.54, 1.807) is 6.92 Å². The molecule has 4 rings (SSSR count). The average Bonchev–Trinajstić information content (AvgIpc) is 3.15. The van der Waals surface area contributed by atoms with E-state index in [0.717, 1.165) is 22.4 Å². The number of aromatic nitrogens is 2. The largest absolute Gasteiger partial charge is 0.358 e. The van der Waals surface area contributed by atoms with Crippen molar-refractivity contribution >= 4 is 27.7 Å². The average molecular weight is 359 g/mol. The van der Waals surface area contributed by atoms with Crippen molar-refractivity contribution in [3.8, 4) is 0 Å². The monoisotopic (exact) mass is 359 g/mol. The first-order chi connectivity index (χ1) is 13.0. The highest BCUT2D eigenvalue weighted by Crippen LogP contribution is 2.39. The molecule has 4 aromatic rings. The van der Waals surface area contributed by atoms with Gasteiger partial charge in [-0.1, -0.05) is 36.4 Å². The van der Waals surface area contributed by atoms with E-state index in [9.17, 15) is 4.79 Å². The molecule has 2 heterocycles. The highest BCUT2D eigenvalue weighted by Gasteiger charge is 2.27. The fourth-order valence-corrected chi connectivity index (χ4v) is 4.22. The van der Waals surface area contributed by atoms with Gasteiger partial charge < -0.3 is 14.9 Å². The second kappa shape index (κ2) is 6.62. The van der Waals surface area contributed by atoms with E-state index in [1.165, 1.54) is 21.9 Å². The lowest BCUT2D eigenvalue weighted by atomic mass is 9.87. The number of H-pyrrole nitrogens is 2. The Labute approximate surface area is 159 Å². The Bertz CT molecular complexity index is 1060. The number of fused-ring (bicyclic) bond motifs is 2. The van der Waals surface area contributed by atoms with Gasteiger partial charge in [0.2, 0.25) is 5.91 Å². The predicted octanol–water partition coefficient (Wildman–Crippen LogP) is 4.88. The molecule has 1 amide bonds. The number of hydrogen-bond donors (Lipinski definition) is 2. The summed E-state index contributed by atoms with van der Waals surface area (Å²) >= 11 is 0. The maximum Gasteiger partial charge on any atom is 0.219 e. The van der Waals surface area contributed by atoms with E-state index in [4.69, 9.17) is 0 Å². The molecule has 0 radical (unpaired) electrons. The Balaban J connectivity index is 1.98. The number of aromatic amines is 2. The molecule has 4 nitrogen and oxygen atoms in total. The Morgan fingerprint density at radius 2 is 1.33 bits per heavy atom. The molecule has 2 N–H and O–H groups in total. The van der Waals surface area contributed by atoms with Gasteiger partial charge in [-0.05, 0) is 37.1 Å². The number of nitrogens with one attached hydrogen (secondary N) is 2. The number of amides is 1. The Kier molecular flexibility index (Phi) is 4.27. The third-order valence-corrected chi connectivity index (χ3v) is 5.58. The van der Waals surface area contributed by atoms with Crippen molar-refractivity contribution in [2.45, 2.75) is 26.7 Å². The molecule has 2 aromatic carbocycles. The molecule has 0 spiro atoms. The molecule has 0 aliphatic carbocycles. The fraction of sp³-hybridized carbons (Fsp3) is 0.261. The zero-order valence-electron chi connectivity index (χ0n) is 16.3. The van der Waals surface area contributed by atoms with Gasteiger partial charge in [-0.2, -0.15) is 0 Å². The molecular formula is C23H25N3O. The minimum Gasteiger partial charge on any atom is -0.358 e.